The molecule has 0 N–H and O–H groups in total. The van der Waals surface area contributed by atoms with Crippen LogP contribution < -0.4 is 0 Å². The van der Waals surface area contributed by atoms with Crippen LogP contribution in [0.3, 0.4) is 0 Å². The monoisotopic (exact) mass is 280 g/mol. The lowest BCUT2D eigenvalue weighted by molar-refractivity contribution is -0.123. The van der Waals surface area contributed by atoms with Gasteiger partial charge in [0.2, 0.25) is 0 Å². The molecule has 1 fully saturated rings. The van der Waals surface area contributed by atoms with Gasteiger partial charge < -0.3 is 0 Å². The zero-order chi connectivity index (χ0) is 14.5. The molecule has 1 aliphatic carbocycles. The molecule has 0 aromatic carbocycles. The van der Waals surface area contributed by atoms with Gasteiger partial charge in [0.05, 0.1) is 0 Å². The highest BCUT2D eigenvalue weighted by Gasteiger charge is 2.18. The molecule has 0 bridgehead atoms. The molecule has 0 radical (unpaired) electrons. The van der Waals surface area contributed by atoms with Crippen molar-refractivity contribution in [3.63, 3.8) is 0 Å². The van der Waals surface area contributed by atoms with Crippen LogP contribution in [0.15, 0.2) is 0 Å². The van der Waals surface area contributed by atoms with Crippen LogP contribution in [-0.4, -0.2) is 5.78 Å². The number of hydrogen-bond acceptors (Lipinski definition) is 1. The van der Waals surface area contributed by atoms with E-state index in [0.29, 0.717) is 11.7 Å². The highest BCUT2D eigenvalue weighted by molar-refractivity contribution is 5.80. The maximum atomic E-state index is 12.2. The van der Waals surface area contributed by atoms with E-state index in [2.05, 4.69) is 6.92 Å². The van der Waals surface area contributed by atoms with Crippen LogP contribution in [-0.2, 0) is 4.79 Å². The van der Waals surface area contributed by atoms with Crippen LogP contribution in [0.4, 0.5) is 0 Å². The molecule has 0 spiro atoms. The lowest BCUT2D eigenvalue weighted by Crippen LogP contribution is -2.13. The van der Waals surface area contributed by atoms with Crippen molar-refractivity contribution in [2.75, 3.05) is 0 Å². The standard InChI is InChI=1S/C19H36O/c1-2-3-4-5-6-7-8-9-14-17-19(20)18-15-12-10-11-13-16-18/h18H,2-17H2,1H3. The average Bonchev–Trinajstić information content (AvgIpc) is 2.74. The van der Waals surface area contributed by atoms with Crippen LogP contribution in [0.5, 0.6) is 0 Å². The minimum atomic E-state index is 0.423. The Labute approximate surface area is 126 Å². The van der Waals surface area contributed by atoms with Gasteiger partial charge in [0.15, 0.2) is 0 Å². The number of ketones is 1. The molecular weight excluding hydrogens is 244 g/mol. The molecule has 118 valence electrons. The summed E-state index contributed by atoms with van der Waals surface area (Å²) in [6.45, 7) is 2.27. The summed E-state index contributed by atoms with van der Waals surface area (Å²) in [6.07, 6.45) is 20.6. The Morgan fingerprint density at radius 1 is 0.750 bits per heavy atom. The maximum Gasteiger partial charge on any atom is 0.135 e. The average molecular weight is 280 g/mol. The number of carbonyl (C=O) groups is 1. The van der Waals surface area contributed by atoms with Crippen molar-refractivity contribution in [1.82, 2.24) is 0 Å². The molecule has 0 amide bonds. The van der Waals surface area contributed by atoms with Crippen molar-refractivity contribution in [2.24, 2.45) is 5.92 Å². The van der Waals surface area contributed by atoms with E-state index in [-0.39, 0.29) is 0 Å². The molecular formula is C19H36O. The molecule has 0 aromatic rings. The van der Waals surface area contributed by atoms with Crippen molar-refractivity contribution in [2.45, 2.75) is 110 Å². The fourth-order valence-electron chi connectivity index (χ4n) is 3.42. The highest BCUT2D eigenvalue weighted by atomic mass is 16.1. The Morgan fingerprint density at radius 3 is 1.80 bits per heavy atom. The number of Topliss-reactive ketones (excluding diaryl/α,β-unsaturated/α-hetero) is 1. The van der Waals surface area contributed by atoms with E-state index in [1.807, 2.05) is 0 Å². The second-order valence-electron chi connectivity index (χ2n) is 6.73. The fourth-order valence-corrected chi connectivity index (χ4v) is 3.42. The molecule has 1 saturated carbocycles. The van der Waals surface area contributed by atoms with E-state index >= 15 is 0 Å². The third kappa shape index (κ3) is 8.76. The van der Waals surface area contributed by atoms with Gasteiger partial charge in [-0.2, -0.15) is 0 Å². The topological polar surface area (TPSA) is 17.1 Å². The van der Waals surface area contributed by atoms with Gasteiger partial charge >= 0.3 is 0 Å². The van der Waals surface area contributed by atoms with E-state index < -0.39 is 0 Å². The summed E-state index contributed by atoms with van der Waals surface area (Å²) in [6, 6.07) is 0. The van der Waals surface area contributed by atoms with Crippen LogP contribution in [0.25, 0.3) is 0 Å². The van der Waals surface area contributed by atoms with Crippen molar-refractivity contribution >= 4 is 5.78 Å². The SMILES string of the molecule is CCCCCCCCCCCC(=O)C1CCCCCC1. The van der Waals surface area contributed by atoms with Gasteiger partial charge in [-0.25, -0.2) is 0 Å². The molecule has 0 saturated heterocycles. The zero-order valence-corrected chi connectivity index (χ0v) is 13.8. The van der Waals surface area contributed by atoms with Gasteiger partial charge in [0, 0.05) is 12.3 Å². The second kappa shape index (κ2) is 12.4. The van der Waals surface area contributed by atoms with E-state index in [1.54, 1.807) is 0 Å². The summed E-state index contributed by atoms with van der Waals surface area (Å²) in [4.78, 5) is 12.2. The zero-order valence-electron chi connectivity index (χ0n) is 13.8. The Morgan fingerprint density at radius 2 is 1.25 bits per heavy atom. The van der Waals surface area contributed by atoms with Crippen LogP contribution in [0, 0.1) is 5.92 Å². The molecule has 1 nitrogen and oxygen atoms in total. The molecule has 0 atom stereocenters. The van der Waals surface area contributed by atoms with E-state index in [0.717, 1.165) is 12.8 Å². The molecule has 0 aromatic heterocycles. The minimum absolute atomic E-state index is 0.423. The quantitative estimate of drug-likeness (QED) is 0.314. The first-order chi connectivity index (χ1) is 9.84. The summed E-state index contributed by atoms with van der Waals surface area (Å²) >= 11 is 0. The van der Waals surface area contributed by atoms with Crippen molar-refractivity contribution < 1.29 is 4.79 Å². The molecule has 20 heavy (non-hydrogen) atoms. The smallest absolute Gasteiger partial charge is 0.135 e. The largest absolute Gasteiger partial charge is 0.299 e. The molecule has 1 rings (SSSR count). The molecule has 1 heteroatoms. The number of carbonyl (C=O) groups excluding carboxylic acids is 1. The third-order valence-electron chi connectivity index (χ3n) is 4.84. The molecule has 0 unspecified atom stereocenters. The Bertz CT molecular complexity index is 226. The van der Waals surface area contributed by atoms with Crippen molar-refractivity contribution in [1.29, 1.82) is 0 Å². The lowest BCUT2D eigenvalue weighted by atomic mass is 9.92. The lowest BCUT2D eigenvalue weighted by Gasteiger charge is -2.12. The van der Waals surface area contributed by atoms with E-state index in [9.17, 15) is 4.79 Å². The molecule has 0 heterocycles. The molecule has 1 aliphatic rings. The van der Waals surface area contributed by atoms with E-state index in [1.165, 1.54) is 89.9 Å². The van der Waals surface area contributed by atoms with Crippen LogP contribution in [0.2, 0.25) is 0 Å². The van der Waals surface area contributed by atoms with Crippen LogP contribution >= 0.6 is 0 Å². The van der Waals surface area contributed by atoms with Gasteiger partial charge in [0.25, 0.3) is 0 Å². The number of unbranched alkanes of at least 4 members (excludes halogenated alkanes) is 8. The summed E-state index contributed by atoms with van der Waals surface area (Å²) in [5, 5.41) is 0. The van der Waals surface area contributed by atoms with E-state index in [4.69, 9.17) is 0 Å². The minimum Gasteiger partial charge on any atom is -0.299 e. The van der Waals surface area contributed by atoms with Crippen molar-refractivity contribution in [3.05, 3.63) is 0 Å². The van der Waals surface area contributed by atoms with Crippen LogP contribution in [0.1, 0.15) is 110 Å². The fraction of sp³-hybridized carbons (Fsp3) is 0.947. The first kappa shape index (κ1) is 17.7. The number of hydrogen-bond donors (Lipinski definition) is 0. The maximum absolute atomic E-state index is 12.2. The highest BCUT2D eigenvalue weighted by Crippen LogP contribution is 2.25. The normalized spacial score (nSPS) is 17.1. The first-order valence-electron chi connectivity index (χ1n) is 9.37. The van der Waals surface area contributed by atoms with Gasteiger partial charge in [-0.15, -0.1) is 0 Å². The van der Waals surface area contributed by atoms with Gasteiger partial charge in [0.1, 0.15) is 5.78 Å². The third-order valence-corrected chi connectivity index (χ3v) is 4.84. The number of rotatable bonds is 11. The van der Waals surface area contributed by atoms with Crippen molar-refractivity contribution in [3.8, 4) is 0 Å². The summed E-state index contributed by atoms with van der Waals surface area (Å²) in [5.74, 6) is 1.00. The Balaban J connectivity index is 1.91. The second-order valence-corrected chi connectivity index (χ2v) is 6.73. The summed E-state index contributed by atoms with van der Waals surface area (Å²) in [7, 11) is 0. The Hall–Kier alpha value is -0.330. The summed E-state index contributed by atoms with van der Waals surface area (Å²) in [5.41, 5.74) is 0. The first-order valence-corrected chi connectivity index (χ1v) is 9.37. The summed E-state index contributed by atoms with van der Waals surface area (Å²) < 4.78 is 0. The van der Waals surface area contributed by atoms with Gasteiger partial charge in [-0.05, 0) is 19.3 Å². The predicted octanol–water partition coefficient (Wildman–Crippen LogP) is 6.45. The van der Waals surface area contributed by atoms with Gasteiger partial charge in [-0.3, -0.25) is 4.79 Å². The van der Waals surface area contributed by atoms with Gasteiger partial charge in [-0.1, -0.05) is 84.0 Å². The Kier molecular flexibility index (Phi) is 11.0. The predicted molar refractivity (Wildman–Crippen MR) is 88.0 cm³/mol. The molecule has 0 aliphatic heterocycles.